The van der Waals surface area contributed by atoms with Gasteiger partial charge in [0.2, 0.25) is 12.3 Å². The number of aromatic nitrogens is 2. The molecule has 2 amide bonds. The summed E-state index contributed by atoms with van der Waals surface area (Å²) in [5.41, 5.74) is -1.14. The summed E-state index contributed by atoms with van der Waals surface area (Å²) >= 11 is 1.53. The second-order valence-electron chi connectivity index (χ2n) is 8.68. The first-order chi connectivity index (χ1) is 14.5. The second kappa shape index (κ2) is 7.76. The van der Waals surface area contributed by atoms with E-state index in [0.29, 0.717) is 12.2 Å². The molecular weight excluding hydrogens is 428 g/mol. The van der Waals surface area contributed by atoms with E-state index < -0.39 is 52.5 Å². The third-order valence-electron chi connectivity index (χ3n) is 5.70. The maximum atomic E-state index is 12.8. The lowest BCUT2D eigenvalue weighted by atomic mass is 10.1. The van der Waals surface area contributed by atoms with Crippen LogP contribution >= 0.6 is 11.8 Å². The van der Waals surface area contributed by atoms with Gasteiger partial charge in [-0.2, -0.15) is 0 Å². The summed E-state index contributed by atoms with van der Waals surface area (Å²) < 4.78 is 19.2. The van der Waals surface area contributed by atoms with Gasteiger partial charge in [-0.3, -0.25) is 23.9 Å². The second-order valence-corrected chi connectivity index (χ2v) is 10.3. The Labute approximate surface area is 182 Å². The fourth-order valence-electron chi connectivity index (χ4n) is 4.21. The molecule has 3 fully saturated rings. The Morgan fingerprint density at radius 1 is 1.29 bits per heavy atom. The van der Waals surface area contributed by atoms with Gasteiger partial charge < -0.3 is 24.4 Å². The summed E-state index contributed by atoms with van der Waals surface area (Å²) in [7, 11) is 0. The number of rotatable bonds is 5. The van der Waals surface area contributed by atoms with Crippen LogP contribution in [0, 0.1) is 0 Å². The van der Waals surface area contributed by atoms with Crippen molar-refractivity contribution in [2.24, 2.45) is 0 Å². The van der Waals surface area contributed by atoms with Crippen molar-refractivity contribution in [1.29, 1.82) is 0 Å². The molecule has 12 heteroatoms. The van der Waals surface area contributed by atoms with Crippen LogP contribution in [0.2, 0.25) is 0 Å². The zero-order valence-electron chi connectivity index (χ0n) is 17.7. The van der Waals surface area contributed by atoms with E-state index in [9.17, 15) is 19.2 Å². The summed E-state index contributed by atoms with van der Waals surface area (Å²) in [4.78, 5) is 51.2. The van der Waals surface area contributed by atoms with E-state index in [1.165, 1.54) is 33.5 Å². The molecule has 3 aliphatic heterocycles. The van der Waals surface area contributed by atoms with E-state index >= 15 is 0 Å². The Bertz CT molecular complexity index is 990. The summed E-state index contributed by atoms with van der Waals surface area (Å²) in [6, 6.07) is 0.646. The average Bonchev–Trinajstić information content (AvgIpc) is 3.27. The smallest absolute Gasteiger partial charge is 0.330 e. The lowest BCUT2D eigenvalue weighted by Gasteiger charge is -2.30. The first-order valence-electron chi connectivity index (χ1n) is 10.0. The maximum absolute atomic E-state index is 12.8. The zero-order chi connectivity index (χ0) is 22.6. The van der Waals surface area contributed by atoms with Crippen LogP contribution in [0.3, 0.4) is 0 Å². The number of H-pyrrole nitrogens is 1. The van der Waals surface area contributed by atoms with E-state index in [2.05, 4.69) is 10.3 Å². The van der Waals surface area contributed by atoms with Gasteiger partial charge in [-0.15, -0.1) is 11.8 Å². The van der Waals surface area contributed by atoms with Crippen molar-refractivity contribution in [2.45, 2.75) is 68.9 Å². The predicted molar refractivity (Wildman–Crippen MR) is 110 cm³/mol. The molecule has 4 heterocycles. The van der Waals surface area contributed by atoms with Crippen molar-refractivity contribution in [3.63, 3.8) is 0 Å². The van der Waals surface area contributed by atoms with Gasteiger partial charge in [0.1, 0.15) is 24.4 Å². The van der Waals surface area contributed by atoms with E-state index in [0.717, 1.165) is 0 Å². The molecule has 3 aliphatic rings. The Morgan fingerprint density at radius 2 is 2.00 bits per heavy atom. The van der Waals surface area contributed by atoms with E-state index in [4.69, 9.17) is 14.2 Å². The molecular formula is C19H26N4O7S. The summed E-state index contributed by atoms with van der Waals surface area (Å²) in [6.07, 6.45) is -0.514. The number of hydrogen-bond donors (Lipinski definition) is 2. The highest BCUT2D eigenvalue weighted by Crippen LogP contribution is 2.42. The normalized spacial score (nSPS) is 33.3. The molecule has 1 aromatic rings. The first kappa shape index (κ1) is 22.1. The van der Waals surface area contributed by atoms with Gasteiger partial charge in [0.15, 0.2) is 12.0 Å². The molecule has 0 aromatic carbocycles. The van der Waals surface area contributed by atoms with E-state index in [-0.39, 0.29) is 12.5 Å². The number of carbonyl (C=O) groups is 2. The van der Waals surface area contributed by atoms with Crippen LogP contribution in [0.25, 0.3) is 0 Å². The van der Waals surface area contributed by atoms with E-state index in [1.54, 1.807) is 13.8 Å². The molecule has 0 spiro atoms. The van der Waals surface area contributed by atoms with Gasteiger partial charge in [0, 0.05) is 24.6 Å². The van der Waals surface area contributed by atoms with Crippen molar-refractivity contribution in [2.75, 3.05) is 12.3 Å². The molecule has 0 bridgehead atoms. The molecule has 1 aromatic heterocycles. The minimum Gasteiger partial charge on any atom is -0.352 e. The van der Waals surface area contributed by atoms with Crippen LogP contribution in [-0.4, -0.2) is 74.1 Å². The van der Waals surface area contributed by atoms with E-state index in [1.807, 2.05) is 13.8 Å². The number of thioether (sulfide) groups is 1. The Morgan fingerprint density at radius 3 is 2.68 bits per heavy atom. The predicted octanol–water partition coefficient (Wildman–Crippen LogP) is -0.620. The molecule has 0 radical (unpaired) electrons. The van der Waals surface area contributed by atoms with Crippen LogP contribution in [-0.2, 0) is 23.8 Å². The number of aromatic amines is 1. The number of nitrogens with one attached hydrogen (secondary N) is 2. The van der Waals surface area contributed by atoms with Crippen LogP contribution in [0.4, 0.5) is 0 Å². The highest BCUT2D eigenvalue weighted by molar-refractivity contribution is 8.00. The molecule has 0 unspecified atom stereocenters. The largest absolute Gasteiger partial charge is 0.352 e. The Balaban J connectivity index is 1.50. The van der Waals surface area contributed by atoms with Crippen molar-refractivity contribution in [3.05, 3.63) is 33.1 Å². The molecule has 0 saturated carbocycles. The van der Waals surface area contributed by atoms with Gasteiger partial charge >= 0.3 is 5.69 Å². The number of nitrogens with zero attached hydrogens (tertiary/aromatic N) is 2. The molecule has 3 saturated heterocycles. The topological polar surface area (TPSA) is 132 Å². The monoisotopic (exact) mass is 454 g/mol. The lowest BCUT2D eigenvalue weighted by Crippen LogP contribution is -2.51. The molecule has 11 nitrogen and oxygen atoms in total. The van der Waals surface area contributed by atoms with Crippen molar-refractivity contribution in [1.82, 2.24) is 19.8 Å². The van der Waals surface area contributed by atoms with Gasteiger partial charge in [-0.1, -0.05) is 0 Å². The van der Waals surface area contributed by atoms with Gasteiger partial charge in [0.05, 0.1) is 4.87 Å². The van der Waals surface area contributed by atoms with Gasteiger partial charge in [-0.05, 0) is 27.7 Å². The highest BCUT2D eigenvalue weighted by atomic mass is 32.2. The molecule has 5 atom stereocenters. The molecule has 4 rings (SSSR count). The van der Waals surface area contributed by atoms with Crippen LogP contribution in [0.5, 0.6) is 0 Å². The number of carbonyl (C=O) groups excluding carboxylic acids is 2. The standard InChI is InChI=1S/C19H26N4O7S/c1-18(2)23(9-24)10(8-31-18)15(26)20-7-11-13-14(30-19(3,4)29-13)16(28-11)22-6-5-12(25)21-17(22)27/h5-6,9-11,13-14,16H,7-8H2,1-4H3,(H,20,26)(H,21,25,27)/t10-,11+,13+,14+,16+/m0/s1. The fourth-order valence-corrected chi connectivity index (χ4v) is 5.41. The number of fused-ring (bicyclic) bond motifs is 1. The number of amides is 2. The van der Waals surface area contributed by atoms with Crippen LogP contribution in [0.15, 0.2) is 21.9 Å². The first-order valence-corrected chi connectivity index (χ1v) is 11.0. The summed E-state index contributed by atoms with van der Waals surface area (Å²) in [5, 5.41) is 2.85. The Kier molecular flexibility index (Phi) is 5.53. The average molecular weight is 455 g/mol. The van der Waals surface area contributed by atoms with Crippen molar-refractivity contribution < 1.29 is 23.8 Å². The summed E-state index contributed by atoms with van der Waals surface area (Å²) in [5.74, 6) is -0.684. The van der Waals surface area contributed by atoms with Crippen LogP contribution in [0.1, 0.15) is 33.9 Å². The minimum atomic E-state index is -0.897. The Hall–Kier alpha value is -2.15. The van der Waals surface area contributed by atoms with Gasteiger partial charge in [0.25, 0.3) is 5.56 Å². The maximum Gasteiger partial charge on any atom is 0.330 e. The quantitative estimate of drug-likeness (QED) is 0.563. The lowest BCUT2D eigenvalue weighted by molar-refractivity contribution is -0.196. The zero-order valence-corrected chi connectivity index (χ0v) is 18.5. The molecule has 0 aliphatic carbocycles. The van der Waals surface area contributed by atoms with Gasteiger partial charge in [-0.25, -0.2) is 4.79 Å². The summed E-state index contributed by atoms with van der Waals surface area (Å²) in [6.45, 7) is 7.41. The third kappa shape index (κ3) is 4.04. The molecule has 2 N–H and O–H groups in total. The number of hydrogen-bond acceptors (Lipinski definition) is 8. The molecule has 170 valence electrons. The highest BCUT2D eigenvalue weighted by Gasteiger charge is 2.56. The molecule has 31 heavy (non-hydrogen) atoms. The third-order valence-corrected chi connectivity index (χ3v) is 7.10. The number of ether oxygens (including phenoxy) is 3. The SMILES string of the molecule is CC1(C)O[C@@H]2[C@H](O1)[C@@H](CNC(=O)[C@@H]1CSC(C)(C)N1C=O)O[C@H]2n1ccc(=O)[nH]c1=O. The minimum absolute atomic E-state index is 0.113. The van der Waals surface area contributed by atoms with Crippen molar-refractivity contribution in [3.8, 4) is 0 Å². The van der Waals surface area contributed by atoms with Crippen molar-refractivity contribution >= 4 is 24.1 Å². The fraction of sp³-hybridized carbons (Fsp3) is 0.684. The van der Waals surface area contributed by atoms with Crippen LogP contribution < -0.4 is 16.6 Å².